The largest absolute Gasteiger partial charge is 0.457 e. The third kappa shape index (κ3) is 6.21. The average molecular weight is 917 g/mol. The van der Waals surface area contributed by atoms with E-state index < -0.39 is 76.2 Å². The van der Waals surface area contributed by atoms with Gasteiger partial charge in [-0.1, -0.05) is 69.3 Å². The first-order valence-electron chi connectivity index (χ1n) is 17.6. The van der Waals surface area contributed by atoms with Crippen molar-refractivity contribution in [3.63, 3.8) is 0 Å². The van der Waals surface area contributed by atoms with Crippen LogP contribution in [-0.2, 0) is 28.5 Å². The van der Waals surface area contributed by atoms with Gasteiger partial charge in [-0.05, 0) is 55.5 Å². The van der Waals surface area contributed by atoms with Crippen molar-refractivity contribution in [1.82, 2.24) is 5.32 Å². The molecule has 10 nitrogen and oxygen atoms in total. The number of Topliss-reactive ketones (excluding diaryl/α,β-unsaturated/α-hetero) is 1. The maximum atomic E-state index is 14.9. The van der Waals surface area contributed by atoms with Crippen molar-refractivity contribution in [1.29, 1.82) is 0 Å². The van der Waals surface area contributed by atoms with Gasteiger partial charge in [0.15, 0.2) is 5.78 Å². The quantitative estimate of drug-likeness (QED) is 0.257. The Kier molecular flexibility index (Phi) is 11.6. The molecular formula is C40H51AcNO9. The van der Waals surface area contributed by atoms with E-state index in [0.29, 0.717) is 23.1 Å². The molecule has 2 saturated carbocycles. The molecule has 6 rings (SSSR count). The predicted molar refractivity (Wildman–Crippen MR) is 185 cm³/mol. The van der Waals surface area contributed by atoms with E-state index in [2.05, 4.69) is 5.32 Å². The smallest absolute Gasteiger partial charge is 0.311 e. The predicted octanol–water partition coefficient (Wildman–Crippen LogP) is 4.59. The zero-order valence-electron chi connectivity index (χ0n) is 30.8. The molecule has 0 aromatic heterocycles. The van der Waals surface area contributed by atoms with Gasteiger partial charge in [0.1, 0.15) is 17.8 Å². The van der Waals surface area contributed by atoms with Gasteiger partial charge in [-0.3, -0.25) is 14.4 Å². The number of esters is 1. The maximum absolute atomic E-state index is 14.9. The first kappa shape index (κ1) is 40.2. The average Bonchev–Trinajstić information content (AvgIpc) is 3.10. The number of carbonyl (C=O) groups excluding carboxylic acids is 3. The third-order valence-corrected chi connectivity index (χ3v) is 12.9. The van der Waals surface area contributed by atoms with Crippen molar-refractivity contribution in [3.05, 3.63) is 82.9 Å². The van der Waals surface area contributed by atoms with Crippen LogP contribution < -0.4 is 5.32 Å². The van der Waals surface area contributed by atoms with Crippen molar-refractivity contribution < 1.29 is 87.6 Å². The second-order valence-corrected chi connectivity index (χ2v) is 15.6. The molecule has 3 fully saturated rings. The summed E-state index contributed by atoms with van der Waals surface area (Å²) in [6.07, 6.45) is -2.80. The number of carbonyl (C=O) groups is 3. The molecule has 11 atom stereocenters. The molecule has 1 saturated heterocycles. The Morgan fingerprint density at radius 1 is 0.980 bits per heavy atom. The molecule has 4 aliphatic rings. The summed E-state index contributed by atoms with van der Waals surface area (Å²) in [6.45, 7) is 11.1. The molecule has 1 radical (unpaired) electrons. The molecule has 273 valence electrons. The van der Waals surface area contributed by atoms with Crippen molar-refractivity contribution >= 4 is 17.7 Å². The number of hydrogen-bond donors (Lipinski definition) is 3. The van der Waals surface area contributed by atoms with E-state index in [1.165, 1.54) is 7.11 Å². The second-order valence-electron chi connectivity index (χ2n) is 15.6. The summed E-state index contributed by atoms with van der Waals surface area (Å²) in [4.78, 5) is 42.5. The van der Waals surface area contributed by atoms with Gasteiger partial charge in [0.05, 0.1) is 41.8 Å². The van der Waals surface area contributed by atoms with Crippen molar-refractivity contribution in [2.24, 2.45) is 28.6 Å². The summed E-state index contributed by atoms with van der Waals surface area (Å²) in [5, 5.41) is 28.3. The fourth-order valence-corrected chi connectivity index (χ4v) is 9.98. The fourth-order valence-electron chi connectivity index (χ4n) is 9.98. The Hall–Kier alpha value is -1.97. The van der Waals surface area contributed by atoms with Crippen LogP contribution >= 0.6 is 0 Å². The molecule has 1 heterocycles. The van der Waals surface area contributed by atoms with Gasteiger partial charge >= 0.3 is 5.97 Å². The number of rotatable bonds is 8. The minimum Gasteiger partial charge on any atom is -0.457 e. The summed E-state index contributed by atoms with van der Waals surface area (Å²) >= 11 is 0. The van der Waals surface area contributed by atoms with Crippen molar-refractivity contribution in [2.75, 3.05) is 20.8 Å². The number of ether oxygens (including phenoxy) is 4. The molecule has 3 aliphatic carbocycles. The molecular weight excluding hydrogens is 865 g/mol. The summed E-state index contributed by atoms with van der Waals surface area (Å²) in [6, 6.07) is 17.3. The van der Waals surface area contributed by atoms with Crippen molar-refractivity contribution in [2.45, 2.75) is 96.0 Å². The van der Waals surface area contributed by atoms with Crippen LogP contribution in [0.4, 0.5) is 0 Å². The molecule has 1 amide bonds. The Morgan fingerprint density at radius 2 is 1.59 bits per heavy atom. The maximum Gasteiger partial charge on any atom is 0.311 e. The minimum atomic E-state index is -1.56. The Labute approximate surface area is 336 Å². The monoisotopic (exact) mass is 916 g/mol. The summed E-state index contributed by atoms with van der Waals surface area (Å²) < 4.78 is 24.1. The molecule has 2 bridgehead atoms. The van der Waals surface area contributed by atoms with Crippen LogP contribution in [0, 0.1) is 72.6 Å². The number of hydrogen-bond acceptors (Lipinski definition) is 9. The summed E-state index contributed by atoms with van der Waals surface area (Å²) in [5.41, 5.74) is -2.80. The van der Waals surface area contributed by atoms with E-state index in [4.69, 9.17) is 18.9 Å². The van der Waals surface area contributed by atoms with Gasteiger partial charge in [0.25, 0.3) is 5.91 Å². The Balaban J connectivity index is 0.00000504. The van der Waals surface area contributed by atoms with Crippen LogP contribution in [-0.4, -0.2) is 84.3 Å². The normalized spacial score (nSPS) is 36.5. The Morgan fingerprint density at radius 3 is 2.14 bits per heavy atom. The summed E-state index contributed by atoms with van der Waals surface area (Å²) in [7, 11) is 3.02. The molecule has 1 aliphatic heterocycles. The number of ketones is 1. The van der Waals surface area contributed by atoms with Crippen LogP contribution in [0.15, 0.2) is 71.8 Å². The molecule has 0 spiro atoms. The fraction of sp³-hybridized carbons (Fsp3) is 0.575. The number of amides is 1. The minimum absolute atomic E-state index is 0. The standard InChI is InChI=1S/C40H51NO9.Ac/c1-22-27(50-36(44)23(2)31(25-15-11-9-12-16-25)41-35(43)26-17-13-10-14-18-26)20-40(46)24(3)33-38(6,28(47-7)19-29-39(33,45)21-49-29)34(42)32(48-8)30(22)37(40,4)5;/h9-18,23-24,27-29,31-33,45-46H,19-21H2,1-8H3,(H,41,43);/t23-,24+,27?,28?,29?,31?,32?,33?,38-,39?,40?;/m1./s1. The van der Waals surface area contributed by atoms with Gasteiger partial charge in [0.2, 0.25) is 0 Å². The molecule has 8 unspecified atom stereocenters. The zero-order valence-corrected chi connectivity index (χ0v) is 35.6. The van der Waals surface area contributed by atoms with Gasteiger partial charge < -0.3 is 34.5 Å². The number of methoxy groups -OCH3 is 2. The second kappa shape index (κ2) is 14.7. The molecule has 11 heteroatoms. The van der Waals surface area contributed by atoms with E-state index in [0.717, 1.165) is 5.56 Å². The van der Waals surface area contributed by atoms with Gasteiger partial charge in [0, 0.05) is 88.0 Å². The van der Waals surface area contributed by atoms with Gasteiger partial charge in [-0.15, -0.1) is 0 Å². The molecule has 3 N–H and O–H groups in total. The zero-order chi connectivity index (χ0) is 36.4. The van der Waals surface area contributed by atoms with Gasteiger partial charge in [-0.2, -0.15) is 0 Å². The van der Waals surface area contributed by atoms with Crippen LogP contribution in [0.3, 0.4) is 0 Å². The number of nitrogens with one attached hydrogen (secondary N) is 1. The van der Waals surface area contributed by atoms with Crippen LogP contribution in [0.25, 0.3) is 0 Å². The number of aliphatic hydroxyl groups is 2. The van der Waals surface area contributed by atoms with Crippen molar-refractivity contribution in [3.8, 4) is 0 Å². The summed E-state index contributed by atoms with van der Waals surface area (Å²) in [5.74, 6) is -3.40. The molecule has 2 aromatic rings. The SMILES string of the molecule is COC1C(=O)[C@]2(C)C(OC)CC3OCC3(O)C2[C@H](C)C2(O)CC(OC(=O)[C@H](C)C(NC(=O)c3ccccc3)c3ccccc3)C(C)=C1C2(C)C.[Ac]. The van der Waals surface area contributed by atoms with E-state index in [9.17, 15) is 24.6 Å². The molecule has 51 heavy (non-hydrogen) atoms. The third-order valence-electron chi connectivity index (χ3n) is 12.9. The van der Waals surface area contributed by atoms with Crippen LogP contribution in [0.1, 0.15) is 76.3 Å². The van der Waals surface area contributed by atoms with E-state index in [1.54, 1.807) is 38.3 Å². The van der Waals surface area contributed by atoms with E-state index in [1.807, 2.05) is 71.0 Å². The van der Waals surface area contributed by atoms with Crippen LogP contribution in [0.2, 0.25) is 0 Å². The van der Waals surface area contributed by atoms with Crippen LogP contribution in [0.5, 0.6) is 0 Å². The van der Waals surface area contributed by atoms with E-state index in [-0.39, 0.29) is 68.8 Å². The number of fused-ring (bicyclic) bond motifs is 5. The Bertz CT molecular complexity index is 1670. The van der Waals surface area contributed by atoms with E-state index >= 15 is 0 Å². The topological polar surface area (TPSA) is 141 Å². The first-order valence-corrected chi connectivity index (χ1v) is 17.6. The first-order chi connectivity index (χ1) is 23.6. The molecule has 2 aromatic carbocycles. The number of benzene rings is 2. The van der Waals surface area contributed by atoms with Gasteiger partial charge in [-0.25, -0.2) is 0 Å².